The number of aromatic nitrogens is 2. The molecular formula is C20H27N3OS. The Morgan fingerprint density at radius 2 is 2.20 bits per heavy atom. The molecule has 1 amide bonds. The fourth-order valence-electron chi connectivity index (χ4n) is 4.05. The number of aryl methyl sites for hydroxylation is 1. The van der Waals surface area contributed by atoms with Crippen LogP contribution >= 0.6 is 11.3 Å². The van der Waals surface area contributed by atoms with Gasteiger partial charge in [0.2, 0.25) is 5.91 Å². The molecular weight excluding hydrogens is 330 g/mol. The van der Waals surface area contributed by atoms with Crippen molar-refractivity contribution < 1.29 is 4.79 Å². The largest absolute Gasteiger partial charge is 0.342 e. The molecule has 0 unspecified atom stereocenters. The molecule has 2 aliphatic rings. The van der Waals surface area contributed by atoms with E-state index >= 15 is 0 Å². The van der Waals surface area contributed by atoms with Crippen LogP contribution in [0.5, 0.6) is 0 Å². The van der Waals surface area contributed by atoms with Crippen molar-refractivity contribution in [3.63, 3.8) is 0 Å². The Bertz CT molecular complexity index is 690. The van der Waals surface area contributed by atoms with Gasteiger partial charge in [-0.1, -0.05) is 6.42 Å². The van der Waals surface area contributed by atoms with Crippen molar-refractivity contribution in [2.75, 3.05) is 13.1 Å². The number of amides is 1. The lowest BCUT2D eigenvalue weighted by atomic mass is 9.85. The summed E-state index contributed by atoms with van der Waals surface area (Å²) in [7, 11) is 0. The quantitative estimate of drug-likeness (QED) is 0.781. The molecule has 4 nitrogen and oxygen atoms in total. The third-order valence-corrected chi connectivity index (χ3v) is 6.51. The second-order valence-electron chi connectivity index (χ2n) is 7.55. The maximum absolute atomic E-state index is 12.6. The number of hydrogen-bond donors (Lipinski definition) is 0. The van der Waals surface area contributed by atoms with E-state index in [1.807, 2.05) is 6.20 Å². The fraction of sp³-hybridized carbons (Fsp3) is 0.600. The van der Waals surface area contributed by atoms with E-state index in [1.54, 1.807) is 11.3 Å². The minimum absolute atomic E-state index is 0.299. The predicted octanol–water partition coefficient (Wildman–Crippen LogP) is 4.08. The van der Waals surface area contributed by atoms with Crippen molar-refractivity contribution in [3.8, 4) is 0 Å². The molecule has 5 heteroatoms. The van der Waals surface area contributed by atoms with Crippen LogP contribution in [0.1, 0.15) is 55.8 Å². The van der Waals surface area contributed by atoms with Crippen LogP contribution in [0, 0.1) is 5.92 Å². The number of piperidine rings is 1. The average molecular weight is 358 g/mol. The summed E-state index contributed by atoms with van der Waals surface area (Å²) in [5, 5.41) is 4.22. The van der Waals surface area contributed by atoms with E-state index in [4.69, 9.17) is 0 Å². The normalized spacial score (nSPS) is 21.3. The summed E-state index contributed by atoms with van der Waals surface area (Å²) in [4.78, 5) is 19.4. The highest BCUT2D eigenvalue weighted by Crippen LogP contribution is 2.31. The first kappa shape index (κ1) is 16.8. The van der Waals surface area contributed by atoms with E-state index in [1.165, 1.54) is 30.7 Å². The van der Waals surface area contributed by atoms with Gasteiger partial charge < -0.3 is 9.47 Å². The molecule has 2 fully saturated rings. The average Bonchev–Trinajstić information content (AvgIpc) is 3.27. The van der Waals surface area contributed by atoms with Gasteiger partial charge in [-0.25, -0.2) is 4.98 Å². The van der Waals surface area contributed by atoms with Crippen molar-refractivity contribution in [3.05, 3.63) is 40.6 Å². The summed E-state index contributed by atoms with van der Waals surface area (Å²) in [6.07, 6.45) is 11.9. The van der Waals surface area contributed by atoms with Crippen LogP contribution in [0.3, 0.4) is 0 Å². The van der Waals surface area contributed by atoms with E-state index in [0.717, 1.165) is 44.8 Å². The highest BCUT2D eigenvalue weighted by molar-refractivity contribution is 7.07. The second-order valence-corrected chi connectivity index (χ2v) is 8.33. The molecule has 2 aromatic heterocycles. The monoisotopic (exact) mass is 357 g/mol. The number of carbonyl (C=O) groups excluding carboxylic acids is 1. The van der Waals surface area contributed by atoms with Gasteiger partial charge in [0, 0.05) is 44.4 Å². The van der Waals surface area contributed by atoms with Gasteiger partial charge in [-0.15, -0.1) is 0 Å². The van der Waals surface area contributed by atoms with Crippen molar-refractivity contribution in [1.29, 1.82) is 0 Å². The summed E-state index contributed by atoms with van der Waals surface area (Å²) >= 11 is 1.70. The summed E-state index contributed by atoms with van der Waals surface area (Å²) in [5.74, 6) is 2.73. The molecule has 0 N–H and O–H groups in total. The van der Waals surface area contributed by atoms with Crippen LogP contribution in [0.15, 0.2) is 29.2 Å². The van der Waals surface area contributed by atoms with E-state index in [-0.39, 0.29) is 0 Å². The summed E-state index contributed by atoms with van der Waals surface area (Å²) in [6.45, 7) is 2.85. The lowest BCUT2D eigenvalue weighted by molar-refractivity contribution is -0.132. The third kappa shape index (κ3) is 3.97. The Morgan fingerprint density at radius 1 is 1.28 bits per heavy atom. The Morgan fingerprint density at radius 3 is 2.96 bits per heavy atom. The summed E-state index contributed by atoms with van der Waals surface area (Å²) in [6, 6.07) is 2.12. The molecule has 1 saturated carbocycles. The van der Waals surface area contributed by atoms with Crippen molar-refractivity contribution in [1.82, 2.24) is 14.5 Å². The Hall–Kier alpha value is -1.62. The molecule has 0 spiro atoms. The molecule has 0 radical (unpaired) electrons. The molecule has 1 saturated heterocycles. The molecule has 2 aromatic rings. The van der Waals surface area contributed by atoms with Gasteiger partial charge in [-0.2, -0.15) is 11.3 Å². The highest BCUT2D eigenvalue weighted by atomic mass is 32.1. The third-order valence-electron chi connectivity index (χ3n) is 5.77. The second kappa shape index (κ2) is 7.73. The summed E-state index contributed by atoms with van der Waals surface area (Å²) < 4.78 is 2.35. The van der Waals surface area contributed by atoms with E-state index in [9.17, 15) is 4.79 Å². The van der Waals surface area contributed by atoms with Crippen molar-refractivity contribution >= 4 is 17.2 Å². The number of likely N-dealkylation sites (tertiary alicyclic amines) is 1. The van der Waals surface area contributed by atoms with Crippen LogP contribution in [-0.4, -0.2) is 33.4 Å². The van der Waals surface area contributed by atoms with Gasteiger partial charge in [0.25, 0.3) is 0 Å². The van der Waals surface area contributed by atoms with Crippen LogP contribution in [0.2, 0.25) is 0 Å². The number of thiophene rings is 1. The smallest absolute Gasteiger partial charge is 0.222 e. The zero-order valence-corrected chi connectivity index (χ0v) is 15.6. The molecule has 25 heavy (non-hydrogen) atoms. The van der Waals surface area contributed by atoms with Crippen LogP contribution < -0.4 is 0 Å². The lowest BCUT2D eigenvalue weighted by Gasteiger charge is -2.34. The van der Waals surface area contributed by atoms with E-state index in [2.05, 4.69) is 37.5 Å². The van der Waals surface area contributed by atoms with Gasteiger partial charge in [0.1, 0.15) is 5.82 Å². The van der Waals surface area contributed by atoms with E-state index in [0.29, 0.717) is 18.2 Å². The minimum atomic E-state index is 0.299. The standard InChI is InChI=1S/C20H27N3OS/c24-19(7-6-17-8-12-25-15-17)22-10-2-5-18(14-22)20-21-9-11-23(20)13-16-3-1-4-16/h8-9,11-12,15-16,18H,1-7,10,13-14H2/t18-/m0/s1. The number of nitrogens with zero attached hydrogens (tertiary/aromatic N) is 3. The molecule has 4 rings (SSSR count). The first-order chi connectivity index (χ1) is 12.3. The molecule has 1 aliphatic carbocycles. The van der Waals surface area contributed by atoms with E-state index < -0.39 is 0 Å². The maximum atomic E-state index is 12.6. The Labute approximate surface area is 153 Å². The van der Waals surface area contributed by atoms with Crippen molar-refractivity contribution in [2.45, 2.75) is 57.4 Å². The minimum Gasteiger partial charge on any atom is -0.342 e. The van der Waals surface area contributed by atoms with Crippen LogP contribution in [0.4, 0.5) is 0 Å². The molecule has 3 heterocycles. The van der Waals surface area contributed by atoms with Gasteiger partial charge in [-0.3, -0.25) is 4.79 Å². The molecule has 0 bridgehead atoms. The summed E-state index contributed by atoms with van der Waals surface area (Å²) in [5.41, 5.74) is 1.28. The van der Waals surface area contributed by atoms with Gasteiger partial charge in [0.15, 0.2) is 0 Å². The Balaban J connectivity index is 1.35. The van der Waals surface area contributed by atoms with Gasteiger partial charge in [-0.05, 0) is 60.4 Å². The fourth-order valence-corrected chi connectivity index (χ4v) is 4.75. The number of carbonyl (C=O) groups is 1. The molecule has 0 aromatic carbocycles. The number of hydrogen-bond acceptors (Lipinski definition) is 3. The SMILES string of the molecule is O=C(CCc1ccsc1)N1CCC[C@H](c2nccn2CC2CCC2)C1. The predicted molar refractivity (Wildman–Crippen MR) is 101 cm³/mol. The Kier molecular flexibility index (Phi) is 5.20. The zero-order valence-electron chi connectivity index (χ0n) is 14.8. The first-order valence-corrected chi connectivity index (χ1v) is 10.5. The highest BCUT2D eigenvalue weighted by Gasteiger charge is 2.28. The molecule has 134 valence electrons. The zero-order chi connectivity index (χ0) is 17.1. The van der Waals surface area contributed by atoms with Gasteiger partial charge >= 0.3 is 0 Å². The van der Waals surface area contributed by atoms with Crippen LogP contribution in [0.25, 0.3) is 0 Å². The lowest BCUT2D eigenvalue weighted by Crippen LogP contribution is -2.40. The molecule has 1 aliphatic heterocycles. The number of imidazole rings is 1. The van der Waals surface area contributed by atoms with Gasteiger partial charge in [0.05, 0.1) is 0 Å². The number of rotatable bonds is 6. The van der Waals surface area contributed by atoms with Crippen LogP contribution in [-0.2, 0) is 17.8 Å². The maximum Gasteiger partial charge on any atom is 0.222 e. The molecule has 1 atom stereocenters. The topological polar surface area (TPSA) is 38.1 Å². The van der Waals surface area contributed by atoms with Crippen molar-refractivity contribution in [2.24, 2.45) is 5.92 Å². The first-order valence-electron chi connectivity index (χ1n) is 9.59.